The van der Waals surface area contributed by atoms with Crippen molar-refractivity contribution in [2.75, 3.05) is 39.3 Å². The average Bonchev–Trinajstić information content (AvgIpc) is 2.54. The third kappa shape index (κ3) is 3.83. The number of hydrogen-bond donors (Lipinski definition) is 1. The Labute approximate surface area is 136 Å². The molecule has 0 amide bonds. The summed E-state index contributed by atoms with van der Waals surface area (Å²) in [5.41, 5.74) is 1.18. The van der Waals surface area contributed by atoms with Crippen molar-refractivity contribution in [2.45, 2.75) is 31.8 Å². The summed E-state index contributed by atoms with van der Waals surface area (Å²) in [6.07, 6.45) is 4.10. The average molecular weight is 353 g/mol. The van der Waals surface area contributed by atoms with Gasteiger partial charge in [-0.25, -0.2) is 0 Å². The van der Waals surface area contributed by atoms with Gasteiger partial charge in [0.1, 0.15) is 0 Å². The molecule has 2 bridgehead atoms. The molecule has 0 spiro atoms. The van der Waals surface area contributed by atoms with E-state index in [1.54, 1.807) is 0 Å². The molecule has 0 aliphatic carbocycles. The van der Waals surface area contributed by atoms with E-state index >= 15 is 0 Å². The third-order valence-electron chi connectivity index (χ3n) is 4.66. The lowest BCUT2D eigenvalue weighted by Gasteiger charge is -2.50. The highest BCUT2D eigenvalue weighted by atomic mass is 79.9. The molecule has 3 saturated heterocycles. The highest BCUT2D eigenvalue weighted by molar-refractivity contribution is 9.10. The Morgan fingerprint density at radius 1 is 1.33 bits per heavy atom. The maximum Gasteiger partial charge on any atom is 0.0420 e. The lowest BCUT2D eigenvalue weighted by Crippen LogP contribution is -2.66. The van der Waals surface area contributed by atoms with Gasteiger partial charge in [0.25, 0.3) is 0 Å². The van der Waals surface area contributed by atoms with Crippen molar-refractivity contribution in [2.24, 2.45) is 0 Å². The van der Waals surface area contributed by atoms with Crippen molar-refractivity contribution >= 4 is 15.9 Å². The van der Waals surface area contributed by atoms with Crippen molar-refractivity contribution < 1.29 is 0 Å². The number of pyridine rings is 1. The van der Waals surface area contributed by atoms with E-state index < -0.39 is 0 Å². The summed E-state index contributed by atoms with van der Waals surface area (Å²) in [4.78, 5) is 9.85. The lowest BCUT2D eigenvalue weighted by atomic mass is 9.96. The maximum atomic E-state index is 4.56. The van der Waals surface area contributed by atoms with Gasteiger partial charge in [0.05, 0.1) is 0 Å². The minimum Gasteiger partial charge on any atom is -0.312 e. The van der Waals surface area contributed by atoms with Gasteiger partial charge in [-0.15, -0.1) is 0 Å². The zero-order valence-corrected chi connectivity index (χ0v) is 14.3. The second-order valence-corrected chi connectivity index (χ2v) is 7.05. The van der Waals surface area contributed by atoms with E-state index in [1.807, 2.05) is 6.20 Å². The topological polar surface area (TPSA) is 31.4 Å². The molecule has 3 aliphatic heterocycles. The SMILES string of the molecule is CCCNC(Cc1ccc(Br)cn1)C1CN2CCN1CC2. The molecule has 0 aromatic carbocycles. The fraction of sp³-hybridized carbons (Fsp3) is 0.688. The maximum absolute atomic E-state index is 4.56. The van der Waals surface area contributed by atoms with Crippen LogP contribution in [0.5, 0.6) is 0 Å². The zero-order valence-electron chi connectivity index (χ0n) is 12.8. The normalized spacial score (nSPS) is 29.5. The second-order valence-electron chi connectivity index (χ2n) is 6.14. The van der Waals surface area contributed by atoms with Crippen LogP contribution in [-0.2, 0) is 6.42 Å². The van der Waals surface area contributed by atoms with Gasteiger partial charge in [-0.2, -0.15) is 0 Å². The first-order valence-electron chi connectivity index (χ1n) is 8.06. The first-order chi connectivity index (χ1) is 10.3. The first-order valence-corrected chi connectivity index (χ1v) is 8.86. The molecule has 1 aromatic rings. The quantitative estimate of drug-likeness (QED) is 0.845. The Balaban J connectivity index is 1.69. The smallest absolute Gasteiger partial charge is 0.0420 e. The standard InChI is InChI=1S/C16H25BrN4/c1-2-5-18-15(10-14-4-3-13(17)11-19-14)16-12-20-6-8-21(16)9-7-20/h3-4,11,15-16,18H,2,5-10,12H2,1H3. The highest BCUT2D eigenvalue weighted by Gasteiger charge is 2.36. The van der Waals surface area contributed by atoms with Crippen LogP contribution in [0.1, 0.15) is 19.0 Å². The largest absolute Gasteiger partial charge is 0.312 e. The second kappa shape index (κ2) is 7.18. The molecule has 1 aromatic heterocycles. The molecule has 4 rings (SSSR count). The van der Waals surface area contributed by atoms with Crippen LogP contribution in [0.4, 0.5) is 0 Å². The molecule has 3 aliphatic rings. The molecule has 2 atom stereocenters. The van der Waals surface area contributed by atoms with Gasteiger partial charge < -0.3 is 5.32 Å². The van der Waals surface area contributed by atoms with Crippen LogP contribution in [0.2, 0.25) is 0 Å². The molecule has 0 saturated carbocycles. The van der Waals surface area contributed by atoms with Crippen molar-refractivity contribution in [3.8, 4) is 0 Å². The molecule has 3 fully saturated rings. The Bertz CT molecular complexity index is 442. The van der Waals surface area contributed by atoms with Crippen LogP contribution >= 0.6 is 15.9 Å². The number of piperazine rings is 3. The van der Waals surface area contributed by atoms with Crippen LogP contribution < -0.4 is 5.32 Å². The molecule has 4 nitrogen and oxygen atoms in total. The monoisotopic (exact) mass is 352 g/mol. The van der Waals surface area contributed by atoms with Gasteiger partial charge in [0, 0.05) is 67.6 Å². The van der Waals surface area contributed by atoms with E-state index in [2.05, 4.69) is 55.1 Å². The fourth-order valence-electron chi connectivity index (χ4n) is 3.47. The van der Waals surface area contributed by atoms with E-state index in [0.29, 0.717) is 12.1 Å². The fourth-order valence-corrected chi connectivity index (χ4v) is 3.70. The van der Waals surface area contributed by atoms with E-state index in [4.69, 9.17) is 0 Å². The molecule has 2 unspecified atom stereocenters. The Morgan fingerprint density at radius 2 is 2.14 bits per heavy atom. The first kappa shape index (κ1) is 15.4. The molecule has 1 N–H and O–H groups in total. The van der Waals surface area contributed by atoms with Crippen molar-refractivity contribution in [3.63, 3.8) is 0 Å². The molecule has 0 radical (unpaired) electrons. The zero-order chi connectivity index (χ0) is 14.7. The van der Waals surface area contributed by atoms with Crippen LogP contribution in [0, 0.1) is 0 Å². The number of nitrogens with one attached hydrogen (secondary N) is 1. The number of aromatic nitrogens is 1. The predicted molar refractivity (Wildman–Crippen MR) is 89.5 cm³/mol. The summed E-state index contributed by atoms with van der Waals surface area (Å²) in [5.74, 6) is 0. The van der Waals surface area contributed by atoms with E-state index in [1.165, 1.54) is 44.8 Å². The summed E-state index contributed by atoms with van der Waals surface area (Å²) >= 11 is 3.46. The van der Waals surface area contributed by atoms with Crippen molar-refractivity contribution in [1.29, 1.82) is 0 Å². The minimum atomic E-state index is 0.502. The highest BCUT2D eigenvalue weighted by Crippen LogP contribution is 2.20. The summed E-state index contributed by atoms with van der Waals surface area (Å²) in [7, 11) is 0. The summed E-state index contributed by atoms with van der Waals surface area (Å²) in [6, 6.07) is 5.36. The Morgan fingerprint density at radius 3 is 2.71 bits per heavy atom. The molecule has 5 heteroatoms. The summed E-state index contributed by atoms with van der Waals surface area (Å²) < 4.78 is 1.05. The predicted octanol–water partition coefficient (Wildman–Crippen LogP) is 1.75. The number of rotatable bonds is 6. The van der Waals surface area contributed by atoms with Gasteiger partial charge in [-0.05, 0) is 41.0 Å². The van der Waals surface area contributed by atoms with Crippen LogP contribution in [0.15, 0.2) is 22.8 Å². The van der Waals surface area contributed by atoms with Crippen LogP contribution in [0.3, 0.4) is 0 Å². The van der Waals surface area contributed by atoms with Crippen molar-refractivity contribution in [1.82, 2.24) is 20.1 Å². The molecule has 21 heavy (non-hydrogen) atoms. The number of nitrogens with zero attached hydrogens (tertiary/aromatic N) is 3. The molecular formula is C16H25BrN4. The van der Waals surface area contributed by atoms with Gasteiger partial charge in [-0.3, -0.25) is 14.8 Å². The number of halogens is 1. The molecule has 116 valence electrons. The van der Waals surface area contributed by atoms with Crippen LogP contribution in [0.25, 0.3) is 0 Å². The van der Waals surface area contributed by atoms with Gasteiger partial charge in [0.15, 0.2) is 0 Å². The van der Waals surface area contributed by atoms with Crippen molar-refractivity contribution in [3.05, 3.63) is 28.5 Å². The number of fused-ring (bicyclic) bond motifs is 3. The summed E-state index contributed by atoms with van der Waals surface area (Å²) in [5, 5.41) is 3.77. The minimum absolute atomic E-state index is 0.502. The summed E-state index contributed by atoms with van der Waals surface area (Å²) in [6.45, 7) is 9.47. The third-order valence-corrected chi connectivity index (χ3v) is 5.13. The Hall–Kier alpha value is -0.490. The molecular weight excluding hydrogens is 328 g/mol. The van der Waals surface area contributed by atoms with E-state index in [-0.39, 0.29) is 0 Å². The van der Waals surface area contributed by atoms with Gasteiger partial charge in [-0.1, -0.05) is 6.92 Å². The lowest BCUT2D eigenvalue weighted by molar-refractivity contribution is -0.00323. The van der Waals surface area contributed by atoms with Gasteiger partial charge in [0.2, 0.25) is 0 Å². The van der Waals surface area contributed by atoms with Gasteiger partial charge >= 0.3 is 0 Å². The molecule has 4 heterocycles. The Kier molecular flexibility index (Phi) is 5.27. The van der Waals surface area contributed by atoms with E-state index in [0.717, 1.165) is 17.4 Å². The number of hydrogen-bond acceptors (Lipinski definition) is 4. The van der Waals surface area contributed by atoms with Crippen LogP contribution in [-0.4, -0.2) is 66.1 Å². The van der Waals surface area contributed by atoms with E-state index in [9.17, 15) is 0 Å².